The minimum absolute atomic E-state index is 0.329. The Balaban J connectivity index is 1.54. The molecule has 1 saturated heterocycles. The van der Waals surface area contributed by atoms with Crippen LogP contribution in [0.1, 0.15) is 44.4 Å². The predicted molar refractivity (Wildman–Crippen MR) is 106 cm³/mol. The summed E-state index contributed by atoms with van der Waals surface area (Å²) < 4.78 is 12.5. The van der Waals surface area contributed by atoms with Gasteiger partial charge in [0.1, 0.15) is 0 Å². The largest absolute Gasteiger partial charge is 0.495 e. The summed E-state index contributed by atoms with van der Waals surface area (Å²) in [5, 5.41) is 2.25. The molecular formula is C21H27BN2O2. The lowest BCUT2D eigenvalue weighted by molar-refractivity contribution is 0.00578. The van der Waals surface area contributed by atoms with E-state index in [1.165, 1.54) is 16.7 Å². The van der Waals surface area contributed by atoms with Crippen LogP contribution in [-0.4, -0.2) is 23.3 Å². The van der Waals surface area contributed by atoms with Gasteiger partial charge in [-0.25, -0.2) is 5.01 Å². The van der Waals surface area contributed by atoms with E-state index in [2.05, 4.69) is 87.5 Å². The van der Waals surface area contributed by atoms with Gasteiger partial charge in [-0.3, -0.25) is 0 Å². The molecule has 2 aliphatic heterocycles. The van der Waals surface area contributed by atoms with E-state index < -0.39 is 0 Å². The summed E-state index contributed by atoms with van der Waals surface area (Å²) >= 11 is 0. The molecule has 0 saturated carbocycles. The van der Waals surface area contributed by atoms with E-state index in [-0.39, 0.29) is 18.3 Å². The summed E-state index contributed by atoms with van der Waals surface area (Å²) in [5.74, 6) is 0. The van der Waals surface area contributed by atoms with Crippen molar-refractivity contribution in [2.45, 2.75) is 58.9 Å². The van der Waals surface area contributed by atoms with Crippen molar-refractivity contribution in [3.05, 3.63) is 59.2 Å². The van der Waals surface area contributed by atoms with Crippen LogP contribution >= 0.6 is 0 Å². The molecule has 0 unspecified atom stereocenters. The minimum Gasteiger partial charge on any atom is -0.399 e. The third-order valence-electron chi connectivity index (χ3n) is 6.00. The summed E-state index contributed by atoms with van der Waals surface area (Å²) in [6.07, 6.45) is 0. The van der Waals surface area contributed by atoms with E-state index in [9.17, 15) is 0 Å². The van der Waals surface area contributed by atoms with Crippen molar-refractivity contribution >= 4 is 18.3 Å². The van der Waals surface area contributed by atoms with Crippen LogP contribution in [0.5, 0.6) is 0 Å². The molecule has 1 fully saturated rings. The van der Waals surface area contributed by atoms with Crippen molar-refractivity contribution in [2.24, 2.45) is 0 Å². The molecule has 0 bridgehead atoms. The fraction of sp³-hybridized carbons (Fsp3) is 0.429. The Hall–Kier alpha value is -1.82. The quantitative estimate of drug-likeness (QED) is 0.857. The van der Waals surface area contributed by atoms with Crippen molar-refractivity contribution in [2.75, 3.05) is 5.43 Å². The lowest BCUT2D eigenvalue weighted by Gasteiger charge is -2.32. The zero-order valence-electron chi connectivity index (χ0n) is 16.3. The van der Waals surface area contributed by atoms with Gasteiger partial charge in [0, 0.05) is 13.1 Å². The highest BCUT2D eigenvalue weighted by molar-refractivity contribution is 6.62. The number of nitrogens with zero attached hydrogens (tertiary/aromatic N) is 1. The standard InChI is InChI=1S/C21H27BN2O2/c1-15-18(22-25-20(2,3)21(4,5)26-22)11-8-12-19(15)23-24-13-16-9-6-7-10-17(16)14-24/h6-12,23H,13-14H2,1-5H3. The van der Waals surface area contributed by atoms with Gasteiger partial charge in [-0.05, 0) is 62.8 Å². The average Bonchev–Trinajstić information content (AvgIpc) is 3.06. The molecule has 4 nitrogen and oxygen atoms in total. The number of nitrogens with one attached hydrogen (secondary N) is 1. The van der Waals surface area contributed by atoms with Gasteiger partial charge in [0.15, 0.2) is 0 Å². The third-order valence-corrected chi connectivity index (χ3v) is 6.00. The zero-order chi connectivity index (χ0) is 18.5. The Morgan fingerprint density at radius 3 is 2.04 bits per heavy atom. The maximum absolute atomic E-state index is 6.24. The van der Waals surface area contributed by atoms with Crippen LogP contribution in [0.4, 0.5) is 5.69 Å². The SMILES string of the molecule is Cc1c(NN2Cc3ccccc3C2)cccc1B1OC(C)(C)C(C)(C)O1. The molecule has 0 aromatic heterocycles. The Morgan fingerprint density at radius 1 is 0.885 bits per heavy atom. The van der Waals surface area contributed by atoms with Crippen LogP contribution < -0.4 is 10.9 Å². The van der Waals surface area contributed by atoms with Crippen LogP contribution in [0, 0.1) is 6.92 Å². The molecular weight excluding hydrogens is 323 g/mol. The number of fused-ring (bicyclic) bond motifs is 1. The smallest absolute Gasteiger partial charge is 0.399 e. The highest BCUT2D eigenvalue weighted by Crippen LogP contribution is 2.37. The first kappa shape index (κ1) is 17.6. The summed E-state index contributed by atoms with van der Waals surface area (Å²) in [7, 11) is -0.336. The monoisotopic (exact) mass is 350 g/mol. The van der Waals surface area contributed by atoms with E-state index >= 15 is 0 Å². The van der Waals surface area contributed by atoms with Crippen molar-refractivity contribution in [1.29, 1.82) is 0 Å². The molecule has 2 heterocycles. The molecule has 2 aliphatic rings. The van der Waals surface area contributed by atoms with Gasteiger partial charge in [-0.2, -0.15) is 0 Å². The molecule has 0 radical (unpaired) electrons. The van der Waals surface area contributed by atoms with Crippen molar-refractivity contribution in [3.8, 4) is 0 Å². The second-order valence-corrected chi connectivity index (χ2v) is 8.34. The number of rotatable bonds is 3. The molecule has 2 aromatic carbocycles. The van der Waals surface area contributed by atoms with Crippen molar-refractivity contribution < 1.29 is 9.31 Å². The van der Waals surface area contributed by atoms with Gasteiger partial charge < -0.3 is 14.7 Å². The molecule has 4 rings (SSSR count). The predicted octanol–water partition coefficient (Wildman–Crippen LogP) is 3.64. The molecule has 0 amide bonds. The van der Waals surface area contributed by atoms with E-state index in [0.717, 1.165) is 24.2 Å². The highest BCUT2D eigenvalue weighted by Gasteiger charge is 2.52. The molecule has 0 spiro atoms. The molecule has 0 atom stereocenters. The van der Waals surface area contributed by atoms with E-state index in [0.29, 0.717) is 0 Å². The van der Waals surface area contributed by atoms with E-state index in [1.54, 1.807) is 0 Å². The van der Waals surface area contributed by atoms with Crippen molar-refractivity contribution in [1.82, 2.24) is 5.01 Å². The van der Waals surface area contributed by atoms with Crippen LogP contribution in [0.15, 0.2) is 42.5 Å². The number of hydrazine groups is 1. The lowest BCUT2D eigenvalue weighted by atomic mass is 9.76. The molecule has 26 heavy (non-hydrogen) atoms. The Bertz CT molecular complexity index is 794. The summed E-state index contributed by atoms with van der Waals surface area (Å²) in [5.41, 5.74) is 9.06. The highest BCUT2D eigenvalue weighted by atomic mass is 16.7. The summed E-state index contributed by atoms with van der Waals surface area (Å²) in [6, 6.07) is 14.9. The van der Waals surface area contributed by atoms with Crippen LogP contribution in [0.3, 0.4) is 0 Å². The Morgan fingerprint density at radius 2 is 1.46 bits per heavy atom. The van der Waals surface area contributed by atoms with Crippen molar-refractivity contribution in [3.63, 3.8) is 0 Å². The molecule has 0 aliphatic carbocycles. The van der Waals surface area contributed by atoms with Crippen LogP contribution in [-0.2, 0) is 22.4 Å². The molecule has 5 heteroatoms. The van der Waals surface area contributed by atoms with Gasteiger partial charge >= 0.3 is 7.12 Å². The maximum Gasteiger partial charge on any atom is 0.495 e. The second kappa shape index (κ2) is 6.12. The van der Waals surface area contributed by atoms with E-state index in [1.807, 2.05) is 0 Å². The van der Waals surface area contributed by atoms with E-state index in [4.69, 9.17) is 9.31 Å². The molecule has 136 valence electrons. The van der Waals surface area contributed by atoms with Gasteiger partial charge in [0.25, 0.3) is 0 Å². The number of hydrogen-bond donors (Lipinski definition) is 1. The first-order chi connectivity index (χ1) is 12.3. The normalized spacial score (nSPS) is 21.0. The Kier molecular flexibility index (Phi) is 4.14. The van der Waals surface area contributed by atoms with Gasteiger partial charge in [0.2, 0.25) is 0 Å². The first-order valence-corrected chi connectivity index (χ1v) is 9.30. The topological polar surface area (TPSA) is 33.7 Å². The minimum atomic E-state index is -0.336. The fourth-order valence-electron chi connectivity index (χ4n) is 3.58. The van der Waals surface area contributed by atoms with Gasteiger partial charge in [-0.1, -0.05) is 36.4 Å². The number of benzene rings is 2. The average molecular weight is 350 g/mol. The zero-order valence-corrected chi connectivity index (χ0v) is 16.3. The fourth-order valence-corrected chi connectivity index (χ4v) is 3.58. The number of hydrogen-bond acceptors (Lipinski definition) is 4. The first-order valence-electron chi connectivity index (χ1n) is 9.30. The summed E-state index contributed by atoms with van der Waals surface area (Å²) in [4.78, 5) is 0. The molecule has 1 N–H and O–H groups in total. The van der Waals surface area contributed by atoms with Gasteiger partial charge in [-0.15, -0.1) is 0 Å². The summed E-state index contributed by atoms with van der Waals surface area (Å²) in [6.45, 7) is 12.3. The Labute approximate surface area is 156 Å². The number of anilines is 1. The molecule has 2 aromatic rings. The maximum atomic E-state index is 6.24. The van der Waals surface area contributed by atoms with Gasteiger partial charge in [0.05, 0.1) is 16.9 Å². The van der Waals surface area contributed by atoms with Crippen LogP contribution in [0.25, 0.3) is 0 Å². The van der Waals surface area contributed by atoms with Crippen LogP contribution in [0.2, 0.25) is 0 Å². The third kappa shape index (κ3) is 2.94. The second-order valence-electron chi connectivity index (χ2n) is 8.34. The lowest BCUT2D eigenvalue weighted by Crippen LogP contribution is -2.41.